The van der Waals surface area contributed by atoms with Crippen molar-refractivity contribution in [2.24, 2.45) is 0 Å². The van der Waals surface area contributed by atoms with Crippen molar-refractivity contribution >= 4 is 23.2 Å². The third-order valence-electron chi connectivity index (χ3n) is 6.30. The first kappa shape index (κ1) is 29.4. The van der Waals surface area contributed by atoms with Gasteiger partial charge in [0.2, 0.25) is 11.8 Å². The Balaban J connectivity index is 2.10. The lowest BCUT2D eigenvalue weighted by Gasteiger charge is -2.27. The first-order valence-electron chi connectivity index (χ1n) is 12.8. The van der Waals surface area contributed by atoms with Crippen molar-refractivity contribution < 1.29 is 19.1 Å². The number of carbonyl (C=O) groups is 2. The second-order valence-electron chi connectivity index (χ2n) is 9.01. The smallest absolute Gasteiger partial charge is 0.242 e. The number of aryl methyl sites for hydroxylation is 1. The van der Waals surface area contributed by atoms with E-state index in [1.165, 1.54) is 18.4 Å². The number of carbonyl (C=O) groups excluding carboxylic acids is 2. The molecule has 0 unspecified atom stereocenters. The van der Waals surface area contributed by atoms with Gasteiger partial charge < -0.3 is 19.3 Å². The molecule has 2 amide bonds. The van der Waals surface area contributed by atoms with Crippen LogP contribution in [0.4, 0.5) is 0 Å². The van der Waals surface area contributed by atoms with E-state index in [1.807, 2.05) is 28.5 Å². The lowest BCUT2D eigenvalue weighted by molar-refractivity contribution is -0.140. The van der Waals surface area contributed by atoms with Crippen LogP contribution in [0.15, 0.2) is 42.3 Å². The van der Waals surface area contributed by atoms with Gasteiger partial charge in [-0.15, -0.1) is 17.9 Å². The molecule has 0 atom stereocenters. The van der Waals surface area contributed by atoms with Gasteiger partial charge in [0.05, 0.1) is 20.8 Å². The summed E-state index contributed by atoms with van der Waals surface area (Å²) in [5, 5.41) is 2.05. The zero-order chi connectivity index (χ0) is 26.3. The average Bonchev–Trinajstić information content (AvgIpc) is 3.29. The maximum Gasteiger partial charge on any atom is 0.242 e. The molecule has 0 saturated carbocycles. The van der Waals surface area contributed by atoms with E-state index in [2.05, 4.69) is 26.5 Å². The highest BCUT2D eigenvalue weighted by molar-refractivity contribution is 7.10. The number of thiophene rings is 1. The third-order valence-corrected chi connectivity index (χ3v) is 7.30. The van der Waals surface area contributed by atoms with Gasteiger partial charge in [0.15, 0.2) is 11.5 Å². The average molecular weight is 515 g/mol. The number of unbranched alkanes of at least 4 members (excludes halogenated alkanes) is 4. The topological polar surface area (TPSA) is 59.1 Å². The Labute approximate surface area is 220 Å². The molecule has 0 spiro atoms. The number of ether oxygens (including phenoxy) is 2. The van der Waals surface area contributed by atoms with Crippen LogP contribution in [-0.2, 0) is 22.6 Å². The number of hydrogen-bond donors (Lipinski definition) is 0. The van der Waals surface area contributed by atoms with Crippen LogP contribution < -0.4 is 9.47 Å². The van der Waals surface area contributed by atoms with E-state index in [1.54, 1.807) is 36.5 Å². The third kappa shape index (κ3) is 9.34. The van der Waals surface area contributed by atoms with E-state index < -0.39 is 0 Å². The molecule has 198 valence electrons. The summed E-state index contributed by atoms with van der Waals surface area (Å²) in [4.78, 5) is 31.0. The Morgan fingerprint density at radius 3 is 2.39 bits per heavy atom. The molecule has 0 aliphatic heterocycles. The highest BCUT2D eigenvalue weighted by atomic mass is 32.1. The summed E-state index contributed by atoms with van der Waals surface area (Å²) < 4.78 is 10.8. The second kappa shape index (κ2) is 16.0. The minimum Gasteiger partial charge on any atom is -0.493 e. The summed E-state index contributed by atoms with van der Waals surface area (Å²) >= 11 is 1.65. The van der Waals surface area contributed by atoms with Gasteiger partial charge in [0, 0.05) is 24.4 Å². The molecule has 1 heterocycles. The molecule has 1 aromatic carbocycles. The van der Waals surface area contributed by atoms with Crippen LogP contribution in [0.2, 0.25) is 0 Å². The van der Waals surface area contributed by atoms with E-state index in [0.29, 0.717) is 44.0 Å². The first-order valence-corrected chi connectivity index (χ1v) is 13.7. The highest BCUT2D eigenvalue weighted by Gasteiger charge is 2.21. The molecule has 6 nitrogen and oxygen atoms in total. The Morgan fingerprint density at radius 2 is 1.75 bits per heavy atom. The van der Waals surface area contributed by atoms with Crippen LogP contribution in [0.3, 0.4) is 0 Å². The lowest BCUT2D eigenvalue weighted by atomic mass is 10.1. The van der Waals surface area contributed by atoms with Crippen molar-refractivity contribution in [3.63, 3.8) is 0 Å². The molecule has 0 N–H and O–H groups in total. The zero-order valence-electron chi connectivity index (χ0n) is 22.4. The molecule has 1 aromatic heterocycles. The fourth-order valence-corrected chi connectivity index (χ4v) is 4.96. The minimum absolute atomic E-state index is 0.0203. The first-order chi connectivity index (χ1) is 17.4. The molecule has 36 heavy (non-hydrogen) atoms. The van der Waals surface area contributed by atoms with Crippen LogP contribution in [-0.4, -0.2) is 55.5 Å². The molecule has 0 bridgehead atoms. The molecule has 0 fully saturated rings. The van der Waals surface area contributed by atoms with Gasteiger partial charge in [-0.1, -0.05) is 44.7 Å². The minimum atomic E-state index is -0.0514. The van der Waals surface area contributed by atoms with Crippen molar-refractivity contribution in [3.8, 4) is 11.5 Å². The van der Waals surface area contributed by atoms with E-state index in [9.17, 15) is 9.59 Å². The van der Waals surface area contributed by atoms with Gasteiger partial charge >= 0.3 is 0 Å². The fourth-order valence-electron chi connectivity index (χ4n) is 4.04. The molecule has 0 radical (unpaired) electrons. The van der Waals surface area contributed by atoms with Crippen molar-refractivity contribution in [3.05, 3.63) is 58.3 Å². The van der Waals surface area contributed by atoms with Gasteiger partial charge in [-0.2, -0.15) is 0 Å². The maximum absolute atomic E-state index is 13.5. The van der Waals surface area contributed by atoms with Crippen LogP contribution in [0.25, 0.3) is 0 Å². The number of hydrogen-bond acceptors (Lipinski definition) is 5. The van der Waals surface area contributed by atoms with Crippen molar-refractivity contribution in [2.75, 3.05) is 33.9 Å². The summed E-state index contributed by atoms with van der Waals surface area (Å²) in [5.41, 5.74) is 2.23. The molecule has 0 aliphatic rings. The van der Waals surface area contributed by atoms with Crippen molar-refractivity contribution in [1.82, 2.24) is 9.80 Å². The SMILES string of the molecule is C=CCN(CC(=O)N(CCc1ccc(OC)c(OC)c1)Cc1sccc1C)C(=O)CCCCCCC. The maximum atomic E-state index is 13.5. The van der Waals surface area contributed by atoms with Crippen LogP contribution >= 0.6 is 11.3 Å². The van der Waals surface area contributed by atoms with Gasteiger partial charge in [-0.3, -0.25) is 9.59 Å². The van der Waals surface area contributed by atoms with Crippen LogP contribution in [0.5, 0.6) is 11.5 Å². The fraction of sp³-hybridized carbons (Fsp3) is 0.517. The van der Waals surface area contributed by atoms with Gasteiger partial charge in [0.1, 0.15) is 6.54 Å². The molecular formula is C29H42N2O4S. The Kier molecular flexibility index (Phi) is 13.1. The predicted octanol–water partition coefficient (Wildman–Crippen LogP) is 6.02. The summed E-state index contributed by atoms with van der Waals surface area (Å²) in [6, 6.07) is 7.90. The Bertz CT molecular complexity index is 972. The normalized spacial score (nSPS) is 10.7. The Morgan fingerprint density at radius 1 is 1.00 bits per heavy atom. The molecule has 2 aromatic rings. The standard InChI is InChI=1S/C29H42N2O4S/c1-6-8-9-10-11-12-28(32)30(17-7-2)22-29(33)31(21-27-23(3)16-19-36-27)18-15-24-13-14-25(34-4)26(20-24)35-5/h7,13-14,16,19-20H,2,6,8-12,15,17-18,21-22H2,1,3-5H3. The number of methoxy groups -OCH3 is 2. The molecule has 0 aliphatic carbocycles. The molecular weight excluding hydrogens is 472 g/mol. The summed E-state index contributed by atoms with van der Waals surface area (Å²) in [7, 11) is 3.23. The largest absolute Gasteiger partial charge is 0.493 e. The second-order valence-corrected chi connectivity index (χ2v) is 10.0. The van der Waals surface area contributed by atoms with E-state index in [0.717, 1.165) is 29.7 Å². The number of rotatable bonds is 17. The quantitative estimate of drug-likeness (QED) is 0.191. The van der Waals surface area contributed by atoms with Gasteiger partial charge in [-0.05, 0) is 54.5 Å². The molecule has 2 rings (SSSR count). The highest BCUT2D eigenvalue weighted by Crippen LogP contribution is 2.28. The summed E-state index contributed by atoms with van der Waals surface area (Å²) in [6.07, 6.45) is 8.26. The zero-order valence-corrected chi connectivity index (χ0v) is 23.2. The number of benzene rings is 1. The molecule has 7 heteroatoms. The van der Waals surface area contributed by atoms with E-state index in [4.69, 9.17) is 9.47 Å². The van der Waals surface area contributed by atoms with Crippen molar-refractivity contribution in [1.29, 1.82) is 0 Å². The van der Waals surface area contributed by atoms with Gasteiger partial charge in [0.25, 0.3) is 0 Å². The van der Waals surface area contributed by atoms with E-state index >= 15 is 0 Å². The van der Waals surface area contributed by atoms with Crippen LogP contribution in [0, 0.1) is 6.92 Å². The summed E-state index contributed by atoms with van der Waals surface area (Å²) in [6.45, 7) is 9.55. The number of amides is 2. The van der Waals surface area contributed by atoms with E-state index in [-0.39, 0.29) is 18.4 Å². The van der Waals surface area contributed by atoms with Gasteiger partial charge in [-0.25, -0.2) is 0 Å². The Hall–Kier alpha value is -2.80. The number of nitrogens with zero attached hydrogens (tertiary/aromatic N) is 2. The van der Waals surface area contributed by atoms with Crippen LogP contribution in [0.1, 0.15) is 61.5 Å². The van der Waals surface area contributed by atoms with Crippen molar-refractivity contribution in [2.45, 2.75) is 65.3 Å². The predicted molar refractivity (Wildman–Crippen MR) is 148 cm³/mol. The lowest BCUT2D eigenvalue weighted by Crippen LogP contribution is -2.43. The summed E-state index contributed by atoms with van der Waals surface area (Å²) in [5.74, 6) is 1.32. The monoisotopic (exact) mass is 514 g/mol. The molecule has 0 saturated heterocycles.